The highest BCUT2D eigenvalue weighted by atomic mass is 35.5. The third-order valence-corrected chi connectivity index (χ3v) is 4.69. The van der Waals surface area contributed by atoms with Gasteiger partial charge in [0, 0.05) is 30.6 Å². The third-order valence-electron chi connectivity index (χ3n) is 4.36. The van der Waals surface area contributed by atoms with Gasteiger partial charge < -0.3 is 19.5 Å². The molecule has 0 bridgehead atoms. The van der Waals surface area contributed by atoms with E-state index >= 15 is 0 Å². The van der Waals surface area contributed by atoms with E-state index in [9.17, 15) is 9.90 Å². The molecule has 0 aliphatic rings. The van der Waals surface area contributed by atoms with E-state index in [1.165, 1.54) is 0 Å². The van der Waals surface area contributed by atoms with Crippen molar-refractivity contribution in [3.8, 4) is 11.4 Å². The molecule has 0 unspecified atom stereocenters. The predicted molar refractivity (Wildman–Crippen MR) is 104 cm³/mol. The predicted octanol–water partition coefficient (Wildman–Crippen LogP) is 2.77. The monoisotopic (exact) mass is 403 g/mol. The molecule has 1 aromatic carbocycles. The lowest BCUT2D eigenvalue weighted by Gasteiger charge is -2.21. The molecular formula is C19H22ClN5O3. The van der Waals surface area contributed by atoms with E-state index in [0.717, 1.165) is 11.4 Å². The zero-order valence-electron chi connectivity index (χ0n) is 15.6. The van der Waals surface area contributed by atoms with E-state index in [2.05, 4.69) is 20.1 Å². The van der Waals surface area contributed by atoms with Gasteiger partial charge in [0.2, 0.25) is 17.6 Å². The first kappa shape index (κ1) is 20.0. The van der Waals surface area contributed by atoms with Crippen LogP contribution in [0.3, 0.4) is 0 Å². The minimum atomic E-state index is -0.0972. The number of benzene rings is 1. The van der Waals surface area contributed by atoms with Gasteiger partial charge in [-0.1, -0.05) is 28.9 Å². The maximum Gasteiger partial charge on any atom is 0.226 e. The molecule has 0 saturated heterocycles. The van der Waals surface area contributed by atoms with Crippen LogP contribution in [0.2, 0.25) is 5.02 Å². The fraction of sp³-hybridized carbons (Fsp3) is 0.368. The lowest BCUT2D eigenvalue weighted by molar-refractivity contribution is -0.132. The Morgan fingerprint density at radius 3 is 2.89 bits per heavy atom. The Balaban J connectivity index is 1.54. The fourth-order valence-corrected chi connectivity index (χ4v) is 3.02. The molecule has 1 amide bonds. The first-order chi connectivity index (χ1) is 13.6. The van der Waals surface area contributed by atoms with Crippen LogP contribution in [0.1, 0.15) is 30.1 Å². The molecule has 0 spiro atoms. The van der Waals surface area contributed by atoms with Crippen LogP contribution in [0, 0.1) is 6.92 Å². The van der Waals surface area contributed by atoms with Crippen molar-refractivity contribution in [1.82, 2.24) is 25.0 Å². The quantitative estimate of drug-likeness (QED) is 0.568. The lowest BCUT2D eigenvalue weighted by atomic mass is 10.2. The lowest BCUT2D eigenvalue weighted by Crippen LogP contribution is -2.33. The Labute approximate surface area is 167 Å². The minimum absolute atomic E-state index is 0.0534. The highest BCUT2D eigenvalue weighted by molar-refractivity contribution is 6.33. The highest BCUT2D eigenvalue weighted by Gasteiger charge is 2.17. The number of hydrogen-bond acceptors (Lipinski definition) is 6. The van der Waals surface area contributed by atoms with Crippen LogP contribution in [-0.2, 0) is 17.8 Å². The van der Waals surface area contributed by atoms with Crippen molar-refractivity contribution < 1.29 is 14.4 Å². The number of halogens is 1. The summed E-state index contributed by atoms with van der Waals surface area (Å²) in [6, 6.07) is 7.28. The van der Waals surface area contributed by atoms with Crippen molar-refractivity contribution in [3.63, 3.8) is 0 Å². The van der Waals surface area contributed by atoms with Gasteiger partial charge in [0.05, 0.1) is 30.2 Å². The molecule has 0 saturated carbocycles. The summed E-state index contributed by atoms with van der Waals surface area (Å²) in [6.07, 6.45) is 2.95. The number of hydrogen-bond donors (Lipinski definition) is 2. The Morgan fingerprint density at radius 2 is 2.18 bits per heavy atom. The first-order valence-electron chi connectivity index (χ1n) is 9.03. The third kappa shape index (κ3) is 4.96. The Hall–Kier alpha value is -2.71. The minimum Gasteiger partial charge on any atom is -0.395 e. The van der Waals surface area contributed by atoms with E-state index in [0.29, 0.717) is 48.1 Å². The van der Waals surface area contributed by atoms with Crippen LogP contribution in [0.25, 0.3) is 11.4 Å². The first-order valence-corrected chi connectivity index (χ1v) is 9.41. The number of H-pyrrole nitrogens is 1. The summed E-state index contributed by atoms with van der Waals surface area (Å²) < 4.78 is 5.27. The number of nitrogens with one attached hydrogen (secondary N) is 1. The molecule has 2 aromatic heterocycles. The molecule has 2 heterocycles. The van der Waals surface area contributed by atoms with Gasteiger partial charge in [0.25, 0.3) is 0 Å². The molecule has 0 aliphatic carbocycles. The number of carbonyl (C=O) groups is 1. The van der Waals surface area contributed by atoms with Crippen LogP contribution in [0.5, 0.6) is 0 Å². The summed E-state index contributed by atoms with van der Waals surface area (Å²) in [7, 11) is 0. The number of aromatic nitrogens is 4. The largest absolute Gasteiger partial charge is 0.395 e. The molecule has 8 nitrogen and oxygen atoms in total. The molecule has 9 heteroatoms. The van der Waals surface area contributed by atoms with Crippen LogP contribution in [0.15, 0.2) is 35.1 Å². The number of imidazole rings is 1. The van der Waals surface area contributed by atoms with Crippen LogP contribution in [0.4, 0.5) is 0 Å². The molecule has 148 valence electrons. The zero-order chi connectivity index (χ0) is 19.9. The number of amides is 1. The van der Waals surface area contributed by atoms with Gasteiger partial charge in [0.1, 0.15) is 0 Å². The van der Waals surface area contributed by atoms with E-state index in [1.807, 2.05) is 25.1 Å². The van der Waals surface area contributed by atoms with Gasteiger partial charge in [-0.3, -0.25) is 4.79 Å². The summed E-state index contributed by atoms with van der Waals surface area (Å²) >= 11 is 6.15. The summed E-state index contributed by atoms with van der Waals surface area (Å²) in [5, 5.41) is 13.8. The second-order valence-corrected chi connectivity index (χ2v) is 6.77. The van der Waals surface area contributed by atoms with Crippen molar-refractivity contribution in [2.24, 2.45) is 0 Å². The topological polar surface area (TPSA) is 108 Å². The standard InChI is InChI=1S/C19H22ClN5O3/c1-13-16(22-12-21-13)11-25(9-10-26)18(27)8-4-7-17-23-19(24-28-17)14-5-2-3-6-15(14)20/h2-3,5-6,12,26H,4,7-11H2,1H3,(H,21,22). The maximum absolute atomic E-state index is 12.5. The highest BCUT2D eigenvalue weighted by Crippen LogP contribution is 2.25. The Kier molecular flexibility index (Phi) is 6.78. The maximum atomic E-state index is 12.5. The van der Waals surface area contributed by atoms with Gasteiger partial charge in [-0.15, -0.1) is 0 Å². The zero-order valence-corrected chi connectivity index (χ0v) is 16.3. The average Bonchev–Trinajstić information content (AvgIpc) is 3.31. The van der Waals surface area contributed by atoms with E-state index in [1.54, 1.807) is 17.3 Å². The van der Waals surface area contributed by atoms with Crippen LogP contribution >= 0.6 is 11.6 Å². The van der Waals surface area contributed by atoms with Crippen molar-refractivity contribution in [2.75, 3.05) is 13.2 Å². The molecule has 0 aliphatic heterocycles. The van der Waals surface area contributed by atoms with Crippen LogP contribution in [-0.4, -0.2) is 49.2 Å². The Morgan fingerprint density at radius 1 is 1.36 bits per heavy atom. The van der Waals surface area contributed by atoms with Gasteiger partial charge in [-0.25, -0.2) is 4.98 Å². The van der Waals surface area contributed by atoms with Crippen molar-refractivity contribution >= 4 is 17.5 Å². The smallest absolute Gasteiger partial charge is 0.226 e. The van der Waals surface area contributed by atoms with Gasteiger partial charge in [0.15, 0.2) is 0 Å². The summed E-state index contributed by atoms with van der Waals surface area (Å²) in [5.41, 5.74) is 2.41. The summed E-state index contributed by atoms with van der Waals surface area (Å²) in [4.78, 5) is 25.7. The number of aliphatic hydroxyl groups excluding tert-OH is 1. The van der Waals surface area contributed by atoms with Crippen LogP contribution < -0.4 is 0 Å². The molecule has 3 rings (SSSR count). The number of aryl methyl sites for hydroxylation is 2. The number of aliphatic hydroxyl groups is 1. The molecule has 2 N–H and O–H groups in total. The average molecular weight is 404 g/mol. The molecule has 0 radical (unpaired) electrons. The second kappa shape index (κ2) is 9.48. The molecule has 0 atom stereocenters. The van der Waals surface area contributed by atoms with E-state index < -0.39 is 0 Å². The van der Waals surface area contributed by atoms with Gasteiger partial charge in [-0.05, 0) is 25.5 Å². The summed E-state index contributed by atoms with van der Waals surface area (Å²) in [6.45, 7) is 2.43. The van der Waals surface area contributed by atoms with E-state index in [-0.39, 0.29) is 19.1 Å². The second-order valence-electron chi connectivity index (χ2n) is 6.36. The molecular weight excluding hydrogens is 382 g/mol. The van der Waals surface area contributed by atoms with Gasteiger partial charge >= 0.3 is 0 Å². The number of aromatic amines is 1. The number of rotatable bonds is 9. The van der Waals surface area contributed by atoms with Crippen molar-refractivity contribution in [3.05, 3.63) is 52.9 Å². The fourth-order valence-electron chi connectivity index (χ4n) is 2.80. The molecule has 28 heavy (non-hydrogen) atoms. The number of carbonyl (C=O) groups excluding carboxylic acids is 1. The summed E-state index contributed by atoms with van der Waals surface area (Å²) in [5.74, 6) is 0.838. The van der Waals surface area contributed by atoms with Crippen molar-refractivity contribution in [2.45, 2.75) is 32.7 Å². The molecule has 3 aromatic rings. The van der Waals surface area contributed by atoms with Crippen molar-refractivity contribution in [1.29, 1.82) is 0 Å². The normalized spacial score (nSPS) is 11.0. The SMILES string of the molecule is Cc1[nH]cnc1CN(CCO)C(=O)CCCc1nc(-c2ccccc2Cl)no1. The Bertz CT molecular complexity index is 924. The number of nitrogens with zero attached hydrogens (tertiary/aromatic N) is 4. The van der Waals surface area contributed by atoms with Gasteiger partial charge in [-0.2, -0.15) is 4.98 Å². The van der Waals surface area contributed by atoms with E-state index in [4.69, 9.17) is 16.1 Å². The molecule has 0 fully saturated rings.